The second kappa shape index (κ2) is 7.98. The number of carbonyl (C=O) groups excluding carboxylic acids is 1. The Morgan fingerprint density at radius 2 is 1.96 bits per heavy atom. The maximum atomic E-state index is 13.5. The molecule has 0 aliphatic rings. The summed E-state index contributed by atoms with van der Waals surface area (Å²) in [5.74, 6) is -0.761. The number of carbonyl (C=O) groups is 1. The molecule has 1 heterocycles. The van der Waals surface area contributed by atoms with Crippen molar-refractivity contribution in [3.63, 3.8) is 0 Å². The molecule has 0 bridgehead atoms. The Labute approximate surface area is 148 Å². The fourth-order valence-corrected chi connectivity index (χ4v) is 3.22. The quantitative estimate of drug-likeness (QED) is 0.724. The minimum atomic E-state index is -0.319. The van der Waals surface area contributed by atoms with Gasteiger partial charge in [0.15, 0.2) is 0 Å². The van der Waals surface area contributed by atoms with Crippen molar-refractivity contribution < 1.29 is 13.6 Å². The molecule has 1 amide bonds. The van der Waals surface area contributed by atoms with Gasteiger partial charge in [0.05, 0.1) is 12.1 Å². The number of thiazole rings is 1. The molecule has 128 valence electrons. The monoisotopic (exact) mass is 358 g/mol. The molecule has 0 aliphatic carbocycles. The Balaban J connectivity index is 1.53. The molecule has 0 aliphatic heterocycles. The summed E-state index contributed by atoms with van der Waals surface area (Å²) < 4.78 is 26.8. The molecule has 3 rings (SSSR count). The van der Waals surface area contributed by atoms with E-state index in [1.54, 1.807) is 35.7 Å². The Morgan fingerprint density at radius 1 is 1.12 bits per heavy atom. The average molecular weight is 358 g/mol. The fourth-order valence-electron chi connectivity index (χ4n) is 2.41. The Morgan fingerprint density at radius 3 is 2.76 bits per heavy atom. The van der Waals surface area contributed by atoms with E-state index in [0.717, 1.165) is 0 Å². The van der Waals surface area contributed by atoms with Crippen LogP contribution in [0.4, 0.5) is 8.78 Å². The van der Waals surface area contributed by atoms with Gasteiger partial charge in [-0.15, -0.1) is 11.3 Å². The van der Waals surface area contributed by atoms with Crippen molar-refractivity contribution in [2.75, 3.05) is 6.54 Å². The molecule has 1 aromatic heterocycles. The summed E-state index contributed by atoms with van der Waals surface area (Å²) >= 11 is 1.37. The number of nitrogens with one attached hydrogen (secondary N) is 1. The second-order valence-electron chi connectivity index (χ2n) is 5.52. The van der Waals surface area contributed by atoms with Gasteiger partial charge in [-0.3, -0.25) is 4.79 Å². The zero-order valence-corrected chi connectivity index (χ0v) is 14.2. The van der Waals surface area contributed by atoms with Gasteiger partial charge < -0.3 is 5.32 Å². The molecule has 0 fully saturated rings. The first-order chi connectivity index (χ1) is 12.1. The van der Waals surface area contributed by atoms with E-state index in [-0.39, 0.29) is 24.0 Å². The first-order valence-electron chi connectivity index (χ1n) is 7.82. The molecule has 3 nitrogen and oxygen atoms in total. The predicted octanol–water partition coefficient (Wildman–Crippen LogP) is 3.99. The highest BCUT2D eigenvalue weighted by molar-refractivity contribution is 7.13. The van der Waals surface area contributed by atoms with E-state index in [9.17, 15) is 13.6 Å². The normalized spacial score (nSPS) is 10.6. The molecule has 0 saturated carbocycles. The van der Waals surface area contributed by atoms with Crippen LogP contribution in [0.25, 0.3) is 10.6 Å². The average Bonchev–Trinajstić information content (AvgIpc) is 3.05. The lowest BCUT2D eigenvalue weighted by molar-refractivity contribution is -0.120. The molecule has 3 aromatic rings. The lowest BCUT2D eigenvalue weighted by atomic mass is 10.1. The smallest absolute Gasteiger partial charge is 0.226 e. The van der Waals surface area contributed by atoms with Crippen molar-refractivity contribution in [2.45, 2.75) is 12.8 Å². The maximum Gasteiger partial charge on any atom is 0.226 e. The summed E-state index contributed by atoms with van der Waals surface area (Å²) in [5.41, 5.74) is 1.90. The van der Waals surface area contributed by atoms with E-state index in [1.165, 1.54) is 29.5 Å². The molecular weight excluding hydrogens is 342 g/mol. The largest absolute Gasteiger partial charge is 0.355 e. The van der Waals surface area contributed by atoms with Gasteiger partial charge >= 0.3 is 0 Å². The van der Waals surface area contributed by atoms with E-state index < -0.39 is 0 Å². The van der Waals surface area contributed by atoms with Gasteiger partial charge in [0.1, 0.15) is 16.6 Å². The van der Waals surface area contributed by atoms with Crippen LogP contribution in [0.3, 0.4) is 0 Å². The first-order valence-corrected chi connectivity index (χ1v) is 8.70. The molecule has 2 aromatic carbocycles. The van der Waals surface area contributed by atoms with Crippen molar-refractivity contribution in [3.05, 3.63) is 76.8 Å². The van der Waals surface area contributed by atoms with E-state index in [1.807, 2.05) is 0 Å². The summed E-state index contributed by atoms with van der Waals surface area (Å²) in [4.78, 5) is 16.4. The Hall–Kier alpha value is -2.60. The fraction of sp³-hybridized carbons (Fsp3) is 0.158. The van der Waals surface area contributed by atoms with Crippen molar-refractivity contribution >= 4 is 17.2 Å². The van der Waals surface area contributed by atoms with Crippen LogP contribution in [0.5, 0.6) is 0 Å². The molecular formula is C19H16F2N2OS. The minimum absolute atomic E-state index is 0.142. The molecule has 1 N–H and O–H groups in total. The standard InChI is InChI=1S/C19H16F2N2OS/c20-15-6-3-5-14(10-15)19-23-16(12-25-19)11-18(24)22-9-8-13-4-1-2-7-17(13)21/h1-7,10,12H,8-9,11H2,(H,22,24). The zero-order valence-electron chi connectivity index (χ0n) is 13.3. The number of hydrogen-bond donors (Lipinski definition) is 1. The molecule has 0 unspecified atom stereocenters. The van der Waals surface area contributed by atoms with Gasteiger partial charge in [0.25, 0.3) is 0 Å². The number of aromatic nitrogens is 1. The van der Waals surface area contributed by atoms with Crippen molar-refractivity contribution in [3.8, 4) is 10.6 Å². The van der Waals surface area contributed by atoms with Crippen LogP contribution in [0, 0.1) is 11.6 Å². The SMILES string of the molecule is O=C(Cc1csc(-c2cccc(F)c2)n1)NCCc1ccccc1F. The van der Waals surface area contributed by atoms with Gasteiger partial charge in [-0.05, 0) is 30.2 Å². The molecule has 0 saturated heterocycles. The Kier molecular flexibility index (Phi) is 5.50. The summed E-state index contributed by atoms with van der Waals surface area (Å²) in [7, 11) is 0. The van der Waals surface area contributed by atoms with E-state index >= 15 is 0 Å². The van der Waals surface area contributed by atoms with Gasteiger partial charge in [-0.25, -0.2) is 13.8 Å². The minimum Gasteiger partial charge on any atom is -0.355 e. The maximum absolute atomic E-state index is 13.5. The molecule has 0 spiro atoms. The highest BCUT2D eigenvalue weighted by Crippen LogP contribution is 2.24. The van der Waals surface area contributed by atoms with E-state index in [4.69, 9.17) is 0 Å². The summed E-state index contributed by atoms with van der Waals surface area (Å²) in [6.07, 6.45) is 0.576. The summed E-state index contributed by atoms with van der Waals surface area (Å²) in [5, 5.41) is 5.23. The summed E-state index contributed by atoms with van der Waals surface area (Å²) in [6.45, 7) is 0.362. The second-order valence-corrected chi connectivity index (χ2v) is 6.38. The van der Waals surface area contributed by atoms with Gasteiger partial charge in [-0.1, -0.05) is 30.3 Å². The van der Waals surface area contributed by atoms with Crippen LogP contribution in [-0.2, 0) is 17.6 Å². The predicted molar refractivity (Wildman–Crippen MR) is 94.3 cm³/mol. The van der Waals surface area contributed by atoms with E-state index in [2.05, 4.69) is 10.3 Å². The lowest BCUT2D eigenvalue weighted by Gasteiger charge is -2.05. The van der Waals surface area contributed by atoms with Crippen molar-refractivity contribution in [2.24, 2.45) is 0 Å². The number of benzene rings is 2. The van der Waals surface area contributed by atoms with Gasteiger partial charge in [-0.2, -0.15) is 0 Å². The zero-order chi connectivity index (χ0) is 17.6. The number of amides is 1. The highest BCUT2D eigenvalue weighted by atomic mass is 32.1. The molecule has 0 atom stereocenters. The van der Waals surface area contributed by atoms with Crippen LogP contribution in [-0.4, -0.2) is 17.4 Å². The molecule has 6 heteroatoms. The van der Waals surface area contributed by atoms with Gasteiger partial charge in [0, 0.05) is 17.5 Å². The number of rotatable bonds is 6. The molecule has 25 heavy (non-hydrogen) atoms. The molecule has 0 radical (unpaired) electrons. The van der Waals surface area contributed by atoms with Crippen molar-refractivity contribution in [1.29, 1.82) is 0 Å². The van der Waals surface area contributed by atoms with E-state index in [0.29, 0.717) is 34.8 Å². The number of halogens is 2. The van der Waals surface area contributed by atoms with Crippen molar-refractivity contribution in [1.82, 2.24) is 10.3 Å². The third kappa shape index (κ3) is 4.70. The van der Waals surface area contributed by atoms with Crippen LogP contribution >= 0.6 is 11.3 Å². The lowest BCUT2D eigenvalue weighted by Crippen LogP contribution is -2.27. The topological polar surface area (TPSA) is 42.0 Å². The van der Waals surface area contributed by atoms with Crippen LogP contribution in [0.1, 0.15) is 11.3 Å². The Bertz CT molecular complexity index is 879. The van der Waals surface area contributed by atoms with Gasteiger partial charge in [0.2, 0.25) is 5.91 Å². The van der Waals surface area contributed by atoms with Crippen LogP contribution < -0.4 is 5.32 Å². The van der Waals surface area contributed by atoms with Crippen LogP contribution in [0.15, 0.2) is 53.9 Å². The third-order valence-electron chi connectivity index (χ3n) is 3.64. The summed E-state index contributed by atoms with van der Waals surface area (Å²) in [6, 6.07) is 12.7. The highest BCUT2D eigenvalue weighted by Gasteiger charge is 2.10. The number of nitrogens with zero attached hydrogens (tertiary/aromatic N) is 1. The third-order valence-corrected chi connectivity index (χ3v) is 4.58. The van der Waals surface area contributed by atoms with Crippen LogP contribution in [0.2, 0.25) is 0 Å². The first kappa shape index (κ1) is 17.2. The number of hydrogen-bond acceptors (Lipinski definition) is 3.